The molecule has 0 saturated heterocycles. The van der Waals surface area contributed by atoms with Crippen LogP contribution in [-0.2, 0) is 16.1 Å². The van der Waals surface area contributed by atoms with Crippen LogP contribution < -0.4 is 10.6 Å². The third kappa shape index (κ3) is 4.05. The summed E-state index contributed by atoms with van der Waals surface area (Å²) >= 11 is 0. The van der Waals surface area contributed by atoms with Crippen molar-refractivity contribution in [3.05, 3.63) is 59.4 Å². The summed E-state index contributed by atoms with van der Waals surface area (Å²) in [4.78, 5) is 23.5. The fraction of sp³-hybridized carbons (Fsp3) is 0.125. The highest BCUT2D eigenvalue weighted by atomic mass is 19.1. The SMILES string of the molecule is Cc1cc(O)ccc1NC(=O)C(=O)NCc1ccc(F)cc1. The normalized spacial score (nSPS) is 10.1. The van der Waals surface area contributed by atoms with Crippen molar-refractivity contribution in [1.29, 1.82) is 0 Å². The van der Waals surface area contributed by atoms with Gasteiger partial charge in [0.1, 0.15) is 11.6 Å². The van der Waals surface area contributed by atoms with E-state index in [1.807, 2.05) is 0 Å². The largest absolute Gasteiger partial charge is 0.508 e. The number of benzene rings is 2. The zero-order chi connectivity index (χ0) is 16.1. The number of amides is 2. The van der Waals surface area contributed by atoms with E-state index in [-0.39, 0.29) is 18.1 Å². The first-order chi connectivity index (χ1) is 10.5. The zero-order valence-corrected chi connectivity index (χ0v) is 11.9. The van der Waals surface area contributed by atoms with E-state index in [1.165, 1.54) is 42.5 Å². The van der Waals surface area contributed by atoms with Gasteiger partial charge in [-0.15, -0.1) is 0 Å². The molecule has 0 saturated carbocycles. The summed E-state index contributed by atoms with van der Waals surface area (Å²) in [6.07, 6.45) is 0. The highest BCUT2D eigenvalue weighted by Gasteiger charge is 2.14. The van der Waals surface area contributed by atoms with E-state index in [1.54, 1.807) is 6.92 Å². The Bertz CT molecular complexity index is 699. The molecule has 3 N–H and O–H groups in total. The van der Waals surface area contributed by atoms with Gasteiger partial charge in [0, 0.05) is 12.2 Å². The van der Waals surface area contributed by atoms with Crippen LogP contribution in [0, 0.1) is 12.7 Å². The van der Waals surface area contributed by atoms with Crippen molar-refractivity contribution in [2.75, 3.05) is 5.32 Å². The van der Waals surface area contributed by atoms with Crippen LogP contribution in [0.4, 0.5) is 10.1 Å². The minimum atomic E-state index is -0.809. The van der Waals surface area contributed by atoms with E-state index >= 15 is 0 Å². The molecule has 0 radical (unpaired) electrons. The number of hydrogen-bond acceptors (Lipinski definition) is 3. The molecule has 0 atom stereocenters. The van der Waals surface area contributed by atoms with Gasteiger partial charge in [0.25, 0.3) is 0 Å². The number of aromatic hydroxyl groups is 1. The summed E-state index contributed by atoms with van der Waals surface area (Å²) in [7, 11) is 0. The van der Waals surface area contributed by atoms with E-state index in [0.717, 1.165) is 0 Å². The van der Waals surface area contributed by atoms with Crippen LogP contribution >= 0.6 is 0 Å². The van der Waals surface area contributed by atoms with Gasteiger partial charge < -0.3 is 15.7 Å². The smallest absolute Gasteiger partial charge is 0.313 e. The van der Waals surface area contributed by atoms with Gasteiger partial charge in [-0.3, -0.25) is 9.59 Å². The molecular formula is C16H15FN2O3. The summed E-state index contributed by atoms with van der Waals surface area (Å²) in [6, 6.07) is 10.0. The topological polar surface area (TPSA) is 78.4 Å². The molecule has 0 bridgehead atoms. The van der Waals surface area contributed by atoms with Gasteiger partial charge in [0.2, 0.25) is 0 Å². The molecule has 6 heteroatoms. The molecule has 2 amide bonds. The Labute approximate surface area is 126 Å². The Hall–Kier alpha value is -2.89. The van der Waals surface area contributed by atoms with Crippen molar-refractivity contribution in [3.8, 4) is 5.75 Å². The summed E-state index contributed by atoms with van der Waals surface area (Å²) in [6.45, 7) is 1.83. The first-order valence-corrected chi connectivity index (χ1v) is 6.59. The van der Waals surface area contributed by atoms with Gasteiger partial charge in [-0.2, -0.15) is 0 Å². The second-order valence-electron chi connectivity index (χ2n) is 4.76. The molecule has 0 aromatic heterocycles. The lowest BCUT2D eigenvalue weighted by Crippen LogP contribution is -2.35. The number of nitrogens with one attached hydrogen (secondary N) is 2. The first kappa shape index (κ1) is 15.5. The van der Waals surface area contributed by atoms with Crippen LogP contribution in [0.2, 0.25) is 0 Å². The van der Waals surface area contributed by atoms with Gasteiger partial charge in [-0.25, -0.2) is 4.39 Å². The van der Waals surface area contributed by atoms with E-state index in [0.29, 0.717) is 16.8 Å². The maximum Gasteiger partial charge on any atom is 0.313 e. The molecule has 2 rings (SSSR count). The molecule has 0 unspecified atom stereocenters. The molecule has 5 nitrogen and oxygen atoms in total. The van der Waals surface area contributed by atoms with Gasteiger partial charge in [0.15, 0.2) is 0 Å². The zero-order valence-electron chi connectivity index (χ0n) is 11.9. The lowest BCUT2D eigenvalue weighted by molar-refractivity contribution is -0.136. The number of phenols is 1. The monoisotopic (exact) mass is 302 g/mol. The number of halogens is 1. The standard InChI is InChI=1S/C16H15FN2O3/c1-10-8-13(20)6-7-14(10)19-16(22)15(21)18-9-11-2-4-12(17)5-3-11/h2-8,20H,9H2,1H3,(H,18,21)(H,19,22). The van der Waals surface area contributed by atoms with Crippen molar-refractivity contribution < 1.29 is 19.1 Å². The van der Waals surface area contributed by atoms with E-state index in [9.17, 15) is 19.1 Å². The predicted molar refractivity (Wildman–Crippen MR) is 79.7 cm³/mol. The Kier molecular flexibility index (Phi) is 4.73. The maximum atomic E-state index is 12.8. The average Bonchev–Trinajstić information content (AvgIpc) is 2.49. The molecule has 0 spiro atoms. The molecule has 0 aliphatic rings. The molecule has 114 valence electrons. The summed E-state index contributed by atoms with van der Waals surface area (Å²) in [5.74, 6) is -1.89. The van der Waals surface area contributed by atoms with Crippen LogP contribution in [0.1, 0.15) is 11.1 Å². The van der Waals surface area contributed by atoms with Crippen molar-refractivity contribution in [2.24, 2.45) is 0 Å². The highest BCUT2D eigenvalue weighted by Crippen LogP contribution is 2.19. The van der Waals surface area contributed by atoms with Crippen LogP contribution in [0.5, 0.6) is 5.75 Å². The number of hydrogen-bond donors (Lipinski definition) is 3. The minimum absolute atomic E-state index is 0.0799. The Morgan fingerprint density at radius 1 is 1.09 bits per heavy atom. The molecule has 0 fully saturated rings. The van der Waals surface area contributed by atoms with Crippen LogP contribution in [-0.4, -0.2) is 16.9 Å². The Morgan fingerprint density at radius 3 is 2.41 bits per heavy atom. The number of anilines is 1. The number of carbonyl (C=O) groups is 2. The summed E-state index contributed by atoms with van der Waals surface area (Å²) in [5.41, 5.74) is 1.77. The number of phenolic OH excluding ortho intramolecular Hbond substituents is 1. The molecule has 0 heterocycles. The summed E-state index contributed by atoms with van der Waals surface area (Å²) in [5, 5.41) is 14.2. The maximum absolute atomic E-state index is 12.8. The van der Waals surface area contributed by atoms with Gasteiger partial charge >= 0.3 is 11.8 Å². The van der Waals surface area contributed by atoms with Crippen LogP contribution in [0.25, 0.3) is 0 Å². The van der Waals surface area contributed by atoms with E-state index < -0.39 is 11.8 Å². The lowest BCUT2D eigenvalue weighted by Gasteiger charge is -2.09. The number of aryl methyl sites for hydroxylation is 1. The van der Waals surface area contributed by atoms with E-state index in [2.05, 4.69) is 10.6 Å². The fourth-order valence-electron chi connectivity index (χ4n) is 1.83. The quantitative estimate of drug-likeness (QED) is 0.600. The third-order valence-corrected chi connectivity index (χ3v) is 3.03. The van der Waals surface area contributed by atoms with Crippen molar-refractivity contribution in [1.82, 2.24) is 5.32 Å². The number of carbonyl (C=O) groups excluding carboxylic acids is 2. The predicted octanol–water partition coefficient (Wildman–Crippen LogP) is 2.09. The molecule has 2 aromatic rings. The Morgan fingerprint density at radius 2 is 1.77 bits per heavy atom. The average molecular weight is 302 g/mol. The minimum Gasteiger partial charge on any atom is -0.508 e. The Balaban J connectivity index is 1.92. The van der Waals surface area contributed by atoms with Crippen molar-refractivity contribution in [3.63, 3.8) is 0 Å². The first-order valence-electron chi connectivity index (χ1n) is 6.59. The highest BCUT2D eigenvalue weighted by molar-refractivity contribution is 6.39. The van der Waals surface area contributed by atoms with Crippen molar-refractivity contribution >= 4 is 17.5 Å². The lowest BCUT2D eigenvalue weighted by atomic mass is 10.2. The molecule has 0 aliphatic heterocycles. The fourth-order valence-corrected chi connectivity index (χ4v) is 1.83. The second-order valence-corrected chi connectivity index (χ2v) is 4.76. The van der Waals surface area contributed by atoms with Crippen LogP contribution in [0.15, 0.2) is 42.5 Å². The van der Waals surface area contributed by atoms with Crippen molar-refractivity contribution in [2.45, 2.75) is 13.5 Å². The van der Waals surface area contributed by atoms with Gasteiger partial charge in [0.05, 0.1) is 0 Å². The van der Waals surface area contributed by atoms with E-state index in [4.69, 9.17) is 0 Å². The van der Waals surface area contributed by atoms with Crippen LogP contribution in [0.3, 0.4) is 0 Å². The number of rotatable bonds is 3. The molecule has 0 aliphatic carbocycles. The third-order valence-electron chi connectivity index (χ3n) is 3.03. The molecule has 2 aromatic carbocycles. The summed E-state index contributed by atoms with van der Waals surface area (Å²) < 4.78 is 12.8. The van der Waals surface area contributed by atoms with Gasteiger partial charge in [-0.1, -0.05) is 12.1 Å². The van der Waals surface area contributed by atoms with Gasteiger partial charge in [-0.05, 0) is 48.4 Å². The molecular weight excluding hydrogens is 287 g/mol. The molecule has 22 heavy (non-hydrogen) atoms. The second kappa shape index (κ2) is 6.71.